The SMILES string of the molecule is Nc1nc2c(ncn2[C@@H]2O[C@H](COP(=O)(O)O)C(OP(=O)(O)O)[C@@H]2O)c(=O)[nH]1. The smallest absolute Gasteiger partial charge is 0.386 e. The van der Waals surface area contributed by atoms with Crippen LogP contribution < -0.4 is 11.3 Å². The zero-order valence-electron chi connectivity index (χ0n) is 13.6. The number of phosphoric ester groups is 2. The second-order valence-corrected chi connectivity index (χ2v) is 8.11. The lowest BCUT2D eigenvalue weighted by molar-refractivity contribution is -0.0502. The maximum atomic E-state index is 11.8. The standard InChI is InChI=1S/C10H15N5O11P2/c11-10-13-7-4(8(17)14-10)12-2-15(7)9-5(16)6(26-28(21,22)23)3(25-9)1-24-27(18,19)20/h2-3,5-6,9,16H,1H2,(H2,18,19,20)(H2,21,22,23)(H3,11,13,14,17)/t3-,5+,6?,9-/m1/s1. The van der Waals surface area contributed by atoms with Crippen LogP contribution >= 0.6 is 15.6 Å². The zero-order chi connectivity index (χ0) is 20.9. The number of aliphatic hydroxyl groups excluding tert-OH is 1. The van der Waals surface area contributed by atoms with Crippen molar-refractivity contribution in [1.82, 2.24) is 19.5 Å². The highest BCUT2D eigenvalue weighted by molar-refractivity contribution is 7.46. The summed E-state index contributed by atoms with van der Waals surface area (Å²) in [7, 11) is -10.1. The van der Waals surface area contributed by atoms with Gasteiger partial charge < -0.3 is 35.2 Å². The first kappa shape index (κ1) is 21.0. The molecule has 18 heteroatoms. The summed E-state index contributed by atoms with van der Waals surface area (Å²) in [6.45, 7) is -0.870. The highest BCUT2D eigenvalue weighted by Gasteiger charge is 2.49. The maximum absolute atomic E-state index is 11.8. The van der Waals surface area contributed by atoms with E-state index in [9.17, 15) is 19.0 Å². The summed E-state index contributed by atoms with van der Waals surface area (Å²) >= 11 is 0. The van der Waals surface area contributed by atoms with Crippen molar-refractivity contribution in [3.63, 3.8) is 0 Å². The Bertz CT molecular complexity index is 1030. The van der Waals surface area contributed by atoms with Crippen molar-refractivity contribution >= 4 is 32.8 Å². The van der Waals surface area contributed by atoms with Gasteiger partial charge in [0.05, 0.1) is 12.9 Å². The Morgan fingerprint density at radius 1 is 1.29 bits per heavy atom. The number of nitrogens with two attached hydrogens (primary N) is 1. The van der Waals surface area contributed by atoms with Gasteiger partial charge in [-0.05, 0) is 0 Å². The van der Waals surface area contributed by atoms with Crippen LogP contribution in [0.15, 0.2) is 11.1 Å². The molecule has 28 heavy (non-hydrogen) atoms. The molecular weight excluding hydrogens is 428 g/mol. The van der Waals surface area contributed by atoms with E-state index >= 15 is 0 Å². The third-order valence-corrected chi connectivity index (χ3v) is 4.70. The third kappa shape index (κ3) is 4.47. The van der Waals surface area contributed by atoms with E-state index in [4.69, 9.17) is 30.0 Å². The van der Waals surface area contributed by atoms with Crippen LogP contribution in [0, 0.1) is 0 Å². The molecule has 0 radical (unpaired) electrons. The number of ether oxygens (including phenoxy) is 1. The molecule has 1 fully saturated rings. The van der Waals surface area contributed by atoms with Crippen LogP contribution in [0.2, 0.25) is 0 Å². The van der Waals surface area contributed by atoms with E-state index in [0.717, 1.165) is 10.9 Å². The number of hydrogen-bond donors (Lipinski definition) is 7. The molecule has 16 nitrogen and oxygen atoms in total. The second kappa shape index (κ2) is 7.27. The first-order valence-corrected chi connectivity index (χ1v) is 10.4. The zero-order valence-corrected chi connectivity index (χ0v) is 15.4. The largest absolute Gasteiger partial charge is 0.470 e. The molecule has 0 bridgehead atoms. The summed E-state index contributed by atoms with van der Waals surface area (Å²) in [6, 6.07) is 0. The molecule has 1 saturated heterocycles. The van der Waals surface area contributed by atoms with Gasteiger partial charge in [0.2, 0.25) is 5.95 Å². The number of hydrogen-bond acceptors (Lipinski definition) is 10. The van der Waals surface area contributed by atoms with E-state index < -0.39 is 52.4 Å². The highest BCUT2D eigenvalue weighted by atomic mass is 31.2. The molecule has 1 aliphatic heterocycles. The summed E-state index contributed by atoms with van der Waals surface area (Å²) < 4.78 is 37.3. The lowest BCUT2D eigenvalue weighted by Gasteiger charge is -2.20. The van der Waals surface area contributed by atoms with Gasteiger partial charge in [-0.3, -0.25) is 23.4 Å². The Kier molecular flexibility index (Phi) is 5.46. The molecule has 8 N–H and O–H groups in total. The molecular formula is C10H15N5O11P2. The number of imidazole rings is 1. The van der Waals surface area contributed by atoms with E-state index in [-0.39, 0.29) is 17.1 Å². The maximum Gasteiger partial charge on any atom is 0.470 e. The summed E-state index contributed by atoms with van der Waals surface area (Å²) in [5.74, 6) is -0.267. The third-order valence-electron chi connectivity index (χ3n) is 3.70. The van der Waals surface area contributed by atoms with Crippen LogP contribution in [0.1, 0.15) is 6.23 Å². The van der Waals surface area contributed by atoms with E-state index in [1.54, 1.807) is 0 Å². The number of nitrogens with zero attached hydrogens (tertiary/aromatic N) is 3. The molecule has 0 amide bonds. The predicted octanol–water partition coefficient (Wildman–Crippen LogP) is -2.45. The van der Waals surface area contributed by atoms with E-state index in [1.165, 1.54) is 0 Å². The van der Waals surface area contributed by atoms with Gasteiger partial charge in [-0.15, -0.1) is 0 Å². The molecule has 3 heterocycles. The van der Waals surface area contributed by atoms with Gasteiger partial charge >= 0.3 is 15.6 Å². The number of aromatic nitrogens is 4. The van der Waals surface area contributed by atoms with Crippen LogP contribution in [0.5, 0.6) is 0 Å². The van der Waals surface area contributed by atoms with Crippen molar-refractivity contribution in [3.8, 4) is 0 Å². The van der Waals surface area contributed by atoms with Crippen LogP contribution in [-0.2, 0) is 22.9 Å². The van der Waals surface area contributed by atoms with Crippen LogP contribution in [0.3, 0.4) is 0 Å². The quantitative estimate of drug-likeness (QED) is 0.229. The molecule has 1 unspecified atom stereocenters. The molecule has 0 saturated carbocycles. The molecule has 0 aliphatic carbocycles. The normalized spacial score (nSPS) is 26.2. The first-order chi connectivity index (χ1) is 12.9. The number of H-pyrrole nitrogens is 1. The Labute approximate surface area is 154 Å². The van der Waals surface area contributed by atoms with Crippen molar-refractivity contribution in [3.05, 3.63) is 16.7 Å². The number of aromatic amines is 1. The highest BCUT2D eigenvalue weighted by Crippen LogP contribution is 2.45. The Morgan fingerprint density at radius 2 is 1.96 bits per heavy atom. The van der Waals surface area contributed by atoms with Gasteiger partial charge in [-0.1, -0.05) is 0 Å². The second-order valence-electron chi connectivity index (χ2n) is 5.68. The van der Waals surface area contributed by atoms with Crippen molar-refractivity contribution in [2.45, 2.75) is 24.5 Å². The fourth-order valence-corrected chi connectivity index (χ4v) is 3.59. The van der Waals surface area contributed by atoms with Crippen molar-refractivity contribution in [1.29, 1.82) is 0 Å². The van der Waals surface area contributed by atoms with Gasteiger partial charge in [0.15, 0.2) is 17.4 Å². The number of nitrogen functional groups attached to an aromatic ring is 1. The number of fused-ring (bicyclic) bond motifs is 1. The number of aliphatic hydroxyl groups is 1. The fourth-order valence-electron chi connectivity index (χ4n) is 2.67. The molecule has 2 aromatic heterocycles. The monoisotopic (exact) mass is 443 g/mol. The van der Waals surface area contributed by atoms with Gasteiger partial charge in [-0.2, -0.15) is 4.98 Å². The first-order valence-electron chi connectivity index (χ1n) is 7.35. The minimum absolute atomic E-state index is 0.114. The Morgan fingerprint density at radius 3 is 2.57 bits per heavy atom. The molecule has 1 aliphatic rings. The van der Waals surface area contributed by atoms with E-state index in [0.29, 0.717) is 0 Å². The minimum atomic E-state index is -5.13. The number of rotatable bonds is 6. The molecule has 4 atom stereocenters. The lowest BCUT2D eigenvalue weighted by atomic mass is 10.1. The summed E-state index contributed by atoms with van der Waals surface area (Å²) in [5.41, 5.74) is 4.52. The van der Waals surface area contributed by atoms with Gasteiger partial charge in [-0.25, -0.2) is 14.1 Å². The van der Waals surface area contributed by atoms with Crippen molar-refractivity contribution < 1.29 is 47.6 Å². The summed E-state index contributed by atoms with van der Waals surface area (Å²) in [6.07, 6.45) is -5.40. The van der Waals surface area contributed by atoms with Gasteiger partial charge in [0, 0.05) is 0 Å². The number of phosphoric acid groups is 2. The van der Waals surface area contributed by atoms with E-state index in [1.807, 2.05) is 0 Å². The fraction of sp³-hybridized carbons (Fsp3) is 0.500. The van der Waals surface area contributed by atoms with Crippen LogP contribution in [0.25, 0.3) is 11.2 Å². The van der Waals surface area contributed by atoms with Gasteiger partial charge in [0.25, 0.3) is 5.56 Å². The minimum Gasteiger partial charge on any atom is -0.386 e. The molecule has 0 aromatic carbocycles. The number of anilines is 1. The molecule has 156 valence electrons. The molecule has 0 spiro atoms. The average Bonchev–Trinajstić information content (AvgIpc) is 3.06. The summed E-state index contributed by atoms with van der Waals surface area (Å²) in [4.78, 5) is 57.4. The van der Waals surface area contributed by atoms with Crippen molar-refractivity contribution in [2.75, 3.05) is 12.3 Å². The van der Waals surface area contributed by atoms with E-state index in [2.05, 4.69) is 24.0 Å². The average molecular weight is 443 g/mol. The predicted molar refractivity (Wildman–Crippen MR) is 87.4 cm³/mol. The summed E-state index contributed by atoms with van der Waals surface area (Å²) in [5, 5.41) is 10.4. The van der Waals surface area contributed by atoms with Gasteiger partial charge in [0.1, 0.15) is 18.3 Å². The Balaban J connectivity index is 1.97. The molecule has 3 rings (SSSR count). The van der Waals surface area contributed by atoms with Crippen LogP contribution in [0.4, 0.5) is 5.95 Å². The molecule has 2 aromatic rings. The topological polar surface area (TPSA) is 253 Å². The van der Waals surface area contributed by atoms with Crippen molar-refractivity contribution in [2.24, 2.45) is 0 Å². The number of nitrogens with one attached hydrogen (secondary N) is 1. The Hall–Kier alpha value is -1.71. The lowest BCUT2D eigenvalue weighted by Crippen LogP contribution is -2.35. The van der Waals surface area contributed by atoms with Crippen LogP contribution in [-0.4, -0.2) is 69.1 Å².